The first kappa shape index (κ1) is 12.9. The third kappa shape index (κ3) is 1.38. The highest BCUT2D eigenvalue weighted by Crippen LogP contribution is 2.58. The Balaban J connectivity index is 2.02. The summed E-state index contributed by atoms with van der Waals surface area (Å²) in [5.41, 5.74) is 0.000433. The van der Waals surface area contributed by atoms with E-state index >= 15 is 0 Å². The van der Waals surface area contributed by atoms with Crippen LogP contribution in [0.2, 0.25) is 0 Å². The molecule has 2 aliphatic heterocycles. The van der Waals surface area contributed by atoms with Gasteiger partial charge in [-0.15, -0.1) is 0 Å². The third-order valence-electron chi connectivity index (χ3n) is 4.22. The van der Waals surface area contributed by atoms with Gasteiger partial charge in [0.1, 0.15) is 17.4 Å². The molecule has 0 saturated heterocycles. The summed E-state index contributed by atoms with van der Waals surface area (Å²) in [6.45, 7) is 1.78. The van der Waals surface area contributed by atoms with Gasteiger partial charge in [0.05, 0.1) is 16.1 Å². The Kier molecular flexibility index (Phi) is 2.28. The fourth-order valence-corrected chi connectivity index (χ4v) is 3.27. The van der Waals surface area contributed by atoms with E-state index in [0.717, 1.165) is 4.57 Å². The van der Waals surface area contributed by atoms with Crippen molar-refractivity contribution in [2.75, 3.05) is 0 Å². The lowest BCUT2D eigenvalue weighted by atomic mass is 9.91. The summed E-state index contributed by atoms with van der Waals surface area (Å²) in [4.78, 5) is 10.6. The summed E-state index contributed by atoms with van der Waals surface area (Å²) >= 11 is 0. The summed E-state index contributed by atoms with van der Waals surface area (Å²) < 4.78 is 6.82. The van der Waals surface area contributed by atoms with E-state index in [9.17, 15) is 20.3 Å². The van der Waals surface area contributed by atoms with Crippen molar-refractivity contribution in [2.24, 2.45) is 0 Å². The minimum absolute atomic E-state index is 0.111. The standard InChI is InChI=1S/C15H12N2O5/c1-15-7-6-10(22-15)11-12(15)14(19)16(13(11)18)8-4-2-3-5-9(8)17(20)21/h2-7,10,18-19H,1H3/t10-,15-/m1/s1. The number of aromatic nitrogens is 1. The predicted molar refractivity (Wildman–Crippen MR) is 76.1 cm³/mol. The highest BCUT2D eigenvalue weighted by atomic mass is 16.6. The highest BCUT2D eigenvalue weighted by Gasteiger charge is 2.50. The number of benzene rings is 1. The predicted octanol–water partition coefficient (Wildman–Crippen LogP) is 2.65. The van der Waals surface area contributed by atoms with Crippen LogP contribution in [0.4, 0.5) is 5.69 Å². The van der Waals surface area contributed by atoms with Gasteiger partial charge in [0.15, 0.2) is 0 Å². The number of nitro groups is 1. The molecule has 0 amide bonds. The second-order valence-corrected chi connectivity index (χ2v) is 5.52. The van der Waals surface area contributed by atoms with Gasteiger partial charge in [-0.25, -0.2) is 4.57 Å². The molecule has 2 bridgehead atoms. The van der Waals surface area contributed by atoms with Crippen molar-refractivity contribution in [1.29, 1.82) is 0 Å². The molecule has 2 atom stereocenters. The maximum atomic E-state index is 11.2. The topological polar surface area (TPSA) is 97.8 Å². The smallest absolute Gasteiger partial charge is 0.293 e. The SMILES string of the molecule is C[C@]12C=C[C@@H](O1)c1c2c(O)n(-c2ccccc2[N+](=O)[O-])c1O. The average Bonchev–Trinajstić information content (AvgIpc) is 3.08. The van der Waals surface area contributed by atoms with Crippen molar-refractivity contribution in [3.63, 3.8) is 0 Å². The number of rotatable bonds is 2. The van der Waals surface area contributed by atoms with E-state index in [1.54, 1.807) is 19.1 Å². The maximum Gasteiger partial charge on any atom is 0.293 e. The van der Waals surface area contributed by atoms with Crippen molar-refractivity contribution < 1.29 is 19.9 Å². The molecule has 2 aliphatic rings. The molecule has 3 heterocycles. The van der Waals surface area contributed by atoms with Crippen LogP contribution in [-0.2, 0) is 10.3 Å². The van der Waals surface area contributed by atoms with Gasteiger partial charge in [-0.05, 0) is 19.1 Å². The van der Waals surface area contributed by atoms with Crippen molar-refractivity contribution >= 4 is 5.69 Å². The Bertz CT molecular complexity index is 854. The zero-order valence-electron chi connectivity index (χ0n) is 11.6. The van der Waals surface area contributed by atoms with Gasteiger partial charge < -0.3 is 14.9 Å². The third-order valence-corrected chi connectivity index (χ3v) is 4.22. The van der Waals surface area contributed by atoms with Crippen LogP contribution in [0.3, 0.4) is 0 Å². The largest absolute Gasteiger partial charge is 0.494 e. The number of para-hydroxylation sites is 2. The number of hydrogen-bond donors (Lipinski definition) is 2. The lowest BCUT2D eigenvalue weighted by molar-refractivity contribution is -0.384. The summed E-state index contributed by atoms with van der Waals surface area (Å²) in [5, 5.41) is 32.2. The summed E-state index contributed by atoms with van der Waals surface area (Å²) in [6, 6.07) is 5.94. The molecule has 0 unspecified atom stereocenters. The molecule has 0 aliphatic carbocycles. The lowest BCUT2D eigenvalue weighted by Gasteiger charge is -2.18. The van der Waals surface area contributed by atoms with Gasteiger partial charge in [-0.2, -0.15) is 0 Å². The van der Waals surface area contributed by atoms with Crippen molar-refractivity contribution in [2.45, 2.75) is 18.6 Å². The Morgan fingerprint density at radius 3 is 2.73 bits per heavy atom. The molecule has 0 spiro atoms. The quantitative estimate of drug-likeness (QED) is 0.505. The first-order chi connectivity index (χ1) is 10.4. The van der Waals surface area contributed by atoms with Gasteiger partial charge in [0.25, 0.3) is 5.69 Å². The Labute approximate surface area is 124 Å². The number of aromatic hydroxyl groups is 2. The van der Waals surface area contributed by atoms with Crippen LogP contribution >= 0.6 is 0 Å². The number of fused-ring (bicyclic) bond motifs is 5. The number of ether oxygens (including phenoxy) is 1. The monoisotopic (exact) mass is 300 g/mol. The second-order valence-electron chi connectivity index (χ2n) is 5.52. The fourth-order valence-electron chi connectivity index (χ4n) is 3.27. The van der Waals surface area contributed by atoms with Crippen molar-refractivity contribution in [1.82, 2.24) is 4.57 Å². The zero-order valence-corrected chi connectivity index (χ0v) is 11.6. The number of hydrogen-bond acceptors (Lipinski definition) is 5. The molecule has 1 aromatic heterocycles. The van der Waals surface area contributed by atoms with Crippen LogP contribution in [0.15, 0.2) is 36.4 Å². The molecule has 2 N–H and O–H groups in total. The molecule has 22 heavy (non-hydrogen) atoms. The average molecular weight is 300 g/mol. The molecule has 0 saturated carbocycles. The van der Waals surface area contributed by atoms with Crippen molar-refractivity contribution in [3.8, 4) is 17.4 Å². The van der Waals surface area contributed by atoms with E-state index in [0.29, 0.717) is 11.1 Å². The minimum atomic E-state index is -0.823. The van der Waals surface area contributed by atoms with Crippen LogP contribution in [0.1, 0.15) is 24.2 Å². The molecule has 2 aromatic rings. The Morgan fingerprint density at radius 1 is 1.32 bits per heavy atom. The Hall–Kier alpha value is -2.80. The van der Waals surface area contributed by atoms with E-state index < -0.39 is 16.6 Å². The van der Waals surface area contributed by atoms with E-state index in [4.69, 9.17) is 4.74 Å². The maximum absolute atomic E-state index is 11.2. The summed E-state index contributed by atoms with van der Waals surface area (Å²) in [7, 11) is 0. The minimum Gasteiger partial charge on any atom is -0.494 e. The van der Waals surface area contributed by atoms with Gasteiger partial charge in [0.2, 0.25) is 11.8 Å². The van der Waals surface area contributed by atoms with Gasteiger partial charge >= 0.3 is 0 Å². The van der Waals surface area contributed by atoms with Gasteiger partial charge in [0, 0.05) is 6.07 Å². The van der Waals surface area contributed by atoms with Crippen LogP contribution in [0, 0.1) is 10.1 Å². The fraction of sp³-hybridized carbons (Fsp3) is 0.200. The first-order valence-corrected chi connectivity index (χ1v) is 6.72. The lowest BCUT2D eigenvalue weighted by Crippen LogP contribution is -2.15. The van der Waals surface area contributed by atoms with Crippen LogP contribution in [-0.4, -0.2) is 19.7 Å². The highest BCUT2D eigenvalue weighted by molar-refractivity contribution is 5.65. The summed E-state index contributed by atoms with van der Waals surface area (Å²) in [6.07, 6.45) is 3.16. The number of nitro benzene ring substituents is 1. The Morgan fingerprint density at radius 2 is 2.05 bits per heavy atom. The van der Waals surface area contributed by atoms with Gasteiger partial charge in [-0.3, -0.25) is 10.1 Å². The van der Waals surface area contributed by atoms with Crippen LogP contribution in [0.5, 0.6) is 11.8 Å². The van der Waals surface area contributed by atoms with Crippen LogP contribution in [0.25, 0.3) is 5.69 Å². The van der Waals surface area contributed by atoms with E-state index in [2.05, 4.69) is 0 Å². The zero-order chi connectivity index (χ0) is 15.6. The van der Waals surface area contributed by atoms with Crippen molar-refractivity contribution in [3.05, 3.63) is 57.7 Å². The molecule has 0 fully saturated rings. The van der Waals surface area contributed by atoms with E-state index in [1.165, 1.54) is 18.2 Å². The molecule has 7 nitrogen and oxygen atoms in total. The summed E-state index contributed by atoms with van der Waals surface area (Å²) in [5.74, 6) is -0.476. The number of nitrogens with zero attached hydrogens (tertiary/aromatic N) is 2. The molecule has 1 aromatic carbocycles. The molecular formula is C15H12N2O5. The molecule has 112 valence electrons. The molecule has 4 rings (SSSR count). The van der Waals surface area contributed by atoms with E-state index in [1.807, 2.05) is 6.08 Å². The normalized spacial score (nSPS) is 24.7. The molecule has 7 heteroatoms. The van der Waals surface area contributed by atoms with Crippen LogP contribution < -0.4 is 0 Å². The molecule has 0 radical (unpaired) electrons. The van der Waals surface area contributed by atoms with Gasteiger partial charge in [-0.1, -0.05) is 18.2 Å². The second kappa shape index (κ2) is 3.89. The van der Waals surface area contributed by atoms with E-state index in [-0.39, 0.29) is 23.1 Å². The first-order valence-electron chi connectivity index (χ1n) is 6.72. The molecular weight excluding hydrogens is 288 g/mol.